The first kappa shape index (κ1) is 17.7. The second-order valence-corrected chi connectivity index (χ2v) is 5.56. The minimum Gasteiger partial charge on any atom is -0.466 e. The topological polar surface area (TPSA) is 102 Å². The minimum absolute atomic E-state index is 0.134. The highest BCUT2D eigenvalue weighted by Gasteiger charge is 2.29. The number of benzene rings is 1. The van der Waals surface area contributed by atoms with Crippen LogP contribution in [0.5, 0.6) is 0 Å². The van der Waals surface area contributed by atoms with E-state index in [9.17, 15) is 19.7 Å². The van der Waals surface area contributed by atoms with Crippen molar-refractivity contribution < 1.29 is 19.2 Å². The third kappa shape index (κ3) is 3.81. The summed E-state index contributed by atoms with van der Waals surface area (Å²) in [6.07, 6.45) is 1.09. The monoisotopic (exact) mass is 335 g/mol. The molecule has 1 N–H and O–H groups in total. The molecule has 0 aromatic heterocycles. The van der Waals surface area contributed by atoms with E-state index in [2.05, 4.69) is 5.32 Å². The van der Waals surface area contributed by atoms with Crippen molar-refractivity contribution in [3.05, 3.63) is 33.9 Å². The zero-order valence-electron chi connectivity index (χ0n) is 13.8. The molecule has 2 rings (SSSR count). The van der Waals surface area contributed by atoms with Gasteiger partial charge in [-0.15, -0.1) is 0 Å². The summed E-state index contributed by atoms with van der Waals surface area (Å²) < 4.78 is 5.01. The Balaban J connectivity index is 2.07. The molecule has 0 bridgehead atoms. The van der Waals surface area contributed by atoms with Crippen LogP contribution in [-0.2, 0) is 9.53 Å². The number of likely N-dealkylation sites (tertiary alicyclic amines) is 1. The lowest BCUT2D eigenvalue weighted by Gasteiger charge is -2.31. The van der Waals surface area contributed by atoms with Gasteiger partial charge in [-0.1, -0.05) is 0 Å². The van der Waals surface area contributed by atoms with Gasteiger partial charge in [-0.3, -0.25) is 19.7 Å². The van der Waals surface area contributed by atoms with Crippen molar-refractivity contribution in [2.45, 2.75) is 19.8 Å². The Bertz CT molecular complexity index is 639. The van der Waals surface area contributed by atoms with Crippen LogP contribution in [0, 0.1) is 16.0 Å². The summed E-state index contributed by atoms with van der Waals surface area (Å²) in [5.41, 5.74) is 0.498. The van der Waals surface area contributed by atoms with E-state index in [0.717, 1.165) is 0 Å². The number of nitrogens with zero attached hydrogens (tertiary/aromatic N) is 2. The summed E-state index contributed by atoms with van der Waals surface area (Å²) in [6.45, 7) is 2.98. The highest BCUT2D eigenvalue weighted by atomic mass is 16.6. The van der Waals surface area contributed by atoms with Crippen LogP contribution in [0.1, 0.15) is 30.1 Å². The maximum atomic E-state index is 12.5. The van der Waals surface area contributed by atoms with Crippen molar-refractivity contribution in [3.63, 3.8) is 0 Å². The fourth-order valence-corrected chi connectivity index (χ4v) is 2.79. The van der Waals surface area contributed by atoms with Gasteiger partial charge >= 0.3 is 5.97 Å². The third-order valence-corrected chi connectivity index (χ3v) is 4.11. The zero-order chi connectivity index (χ0) is 17.7. The summed E-state index contributed by atoms with van der Waals surface area (Å²) in [5, 5.41) is 13.8. The average molecular weight is 335 g/mol. The van der Waals surface area contributed by atoms with Crippen molar-refractivity contribution in [1.29, 1.82) is 0 Å². The highest BCUT2D eigenvalue weighted by molar-refractivity contribution is 5.96. The Kier molecular flexibility index (Phi) is 5.73. The lowest BCUT2D eigenvalue weighted by Crippen LogP contribution is -2.40. The maximum absolute atomic E-state index is 12.5. The van der Waals surface area contributed by atoms with Crippen LogP contribution in [0.3, 0.4) is 0 Å². The predicted octanol–water partition coefficient (Wildman–Crippen LogP) is 2.05. The molecule has 24 heavy (non-hydrogen) atoms. The number of nitro groups is 1. The van der Waals surface area contributed by atoms with E-state index in [1.807, 2.05) is 0 Å². The molecule has 1 aromatic rings. The molecule has 0 spiro atoms. The number of carbonyl (C=O) groups is 2. The van der Waals surface area contributed by atoms with Crippen molar-refractivity contribution in [3.8, 4) is 0 Å². The van der Waals surface area contributed by atoms with Crippen LogP contribution in [0.2, 0.25) is 0 Å². The maximum Gasteiger partial charge on any atom is 0.309 e. The Morgan fingerprint density at radius 1 is 1.38 bits per heavy atom. The van der Waals surface area contributed by atoms with Crippen molar-refractivity contribution in [1.82, 2.24) is 4.90 Å². The molecule has 0 atom stereocenters. The Morgan fingerprint density at radius 3 is 2.58 bits per heavy atom. The number of hydrogen-bond donors (Lipinski definition) is 1. The molecular formula is C16H21N3O5. The molecule has 1 aromatic carbocycles. The number of amides is 1. The molecule has 1 fully saturated rings. The van der Waals surface area contributed by atoms with E-state index in [-0.39, 0.29) is 29.0 Å². The van der Waals surface area contributed by atoms with Gasteiger partial charge in [0.15, 0.2) is 0 Å². The van der Waals surface area contributed by atoms with Gasteiger partial charge in [0, 0.05) is 31.8 Å². The molecule has 1 saturated heterocycles. The number of ether oxygens (including phenoxy) is 1. The van der Waals surface area contributed by atoms with Crippen molar-refractivity contribution in [2.24, 2.45) is 5.92 Å². The third-order valence-electron chi connectivity index (χ3n) is 4.11. The fraction of sp³-hybridized carbons (Fsp3) is 0.500. The van der Waals surface area contributed by atoms with Gasteiger partial charge in [0.05, 0.1) is 17.4 Å². The molecule has 8 nitrogen and oxygen atoms in total. The Labute approximate surface area is 139 Å². The normalized spacial score (nSPS) is 15.0. The summed E-state index contributed by atoms with van der Waals surface area (Å²) in [4.78, 5) is 36.5. The molecule has 1 aliphatic rings. The van der Waals surface area contributed by atoms with E-state index in [1.165, 1.54) is 12.1 Å². The first-order valence-corrected chi connectivity index (χ1v) is 7.90. The summed E-state index contributed by atoms with van der Waals surface area (Å²) in [5.74, 6) is -0.670. The average Bonchev–Trinajstić information content (AvgIpc) is 2.60. The van der Waals surface area contributed by atoms with Crippen molar-refractivity contribution >= 4 is 23.3 Å². The van der Waals surface area contributed by atoms with E-state index in [1.54, 1.807) is 24.9 Å². The summed E-state index contributed by atoms with van der Waals surface area (Å²) in [7, 11) is 1.59. The smallest absolute Gasteiger partial charge is 0.309 e. The number of carbonyl (C=O) groups excluding carboxylic acids is 2. The molecule has 0 saturated carbocycles. The fourth-order valence-electron chi connectivity index (χ4n) is 2.79. The molecule has 0 unspecified atom stereocenters. The Morgan fingerprint density at radius 2 is 2.04 bits per heavy atom. The second-order valence-electron chi connectivity index (χ2n) is 5.56. The molecule has 1 heterocycles. The highest BCUT2D eigenvalue weighted by Crippen LogP contribution is 2.27. The predicted molar refractivity (Wildman–Crippen MR) is 87.9 cm³/mol. The van der Waals surface area contributed by atoms with Gasteiger partial charge < -0.3 is 15.0 Å². The van der Waals surface area contributed by atoms with Crippen molar-refractivity contribution in [2.75, 3.05) is 32.1 Å². The molecule has 8 heteroatoms. The lowest BCUT2D eigenvalue weighted by molar-refractivity contribution is -0.384. The van der Waals surface area contributed by atoms with Crippen LogP contribution in [0.4, 0.5) is 11.4 Å². The summed E-state index contributed by atoms with van der Waals surface area (Å²) in [6, 6.07) is 4.38. The van der Waals surface area contributed by atoms with Gasteiger partial charge in [0.25, 0.3) is 11.6 Å². The second kappa shape index (κ2) is 7.76. The number of esters is 1. The number of anilines is 1. The lowest BCUT2D eigenvalue weighted by atomic mass is 9.96. The van der Waals surface area contributed by atoms with Gasteiger partial charge in [-0.2, -0.15) is 0 Å². The van der Waals surface area contributed by atoms with Crippen LogP contribution in [0.25, 0.3) is 0 Å². The van der Waals surface area contributed by atoms with E-state index in [0.29, 0.717) is 38.2 Å². The van der Waals surface area contributed by atoms with Crippen LogP contribution in [-0.4, -0.2) is 48.4 Å². The molecule has 0 aliphatic carbocycles. The molecule has 1 aliphatic heterocycles. The number of nitro benzene ring substituents is 1. The molecule has 130 valence electrons. The number of piperidine rings is 1. The first-order chi connectivity index (χ1) is 11.5. The van der Waals surface area contributed by atoms with Crippen LogP contribution >= 0.6 is 0 Å². The zero-order valence-corrected chi connectivity index (χ0v) is 13.8. The molecular weight excluding hydrogens is 314 g/mol. The summed E-state index contributed by atoms with van der Waals surface area (Å²) >= 11 is 0. The van der Waals surface area contributed by atoms with E-state index in [4.69, 9.17) is 4.74 Å². The molecule has 0 radical (unpaired) electrons. The van der Waals surface area contributed by atoms with Crippen LogP contribution in [0.15, 0.2) is 18.2 Å². The largest absolute Gasteiger partial charge is 0.466 e. The quantitative estimate of drug-likeness (QED) is 0.502. The van der Waals surface area contributed by atoms with Gasteiger partial charge in [-0.05, 0) is 31.9 Å². The molecule has 1 amide bonds. The number of hydrogen-bond acceptors (Lipinski definition) is 6. The van der Waals surface area contributed by atoms with Gasteiger partial charge in [0.1, 0.15) is 5.69 Å². The van der Waals surface area contributed by atoms with Gasteiger partial charge in [0.2, 0.25) is 0 Å². The first-order valence-electron chi connectivity index (χ1n) is 7.90. The standard InChI is InChI=1S/C16H21N3O5/c1-3-24-16(21)11-6-8-18(9-7-11)15(20)12-4-5-13(17-2)14(10-12)19(22)23/h4-5,10-11,17H,3,6-9H2,1-2H3. The van der Waals surface area contributed by atoms with Crippen LogP contribution < -0.4 is 5.32 Å². The number of nitrogens with one attached hydrogen (secondary N) is 1. The minimum atomic E-state index is -0.518. The van der Waals surface area contributed by atoms with E-state index >= 15 is 0 Å². The SMILES string of the molecule is CCOC(=O)C1CCN(C(=O)c2ccc(NC)c([N+](=O)[O-])c2)CC1. The Hall–Kier alpha value is -2.64. The van der Waals surface area contributed by atoms with Gasteiger partial charge in [-0.25, -0.2) is 0 Å². The van der Waals surface area contributed by atoms with E-state index < -0.39 is 4.92 Å². The number of rotatable bonds is 5.